The second-order valence-corrected chi connectivity index (χ2v) is 10.3. The van der Waals surface area contributed by atoms with E-state index in [0.717, 1.165) is 64.6 Å². The minimum absolute atomic E-state index is 0.0530. The number of carbonyl (C=O) groups excluding carboxylic acids is 3. The molecule has 4 aliphatic heterocycles. The molecule has 0 unspecified atom stereocenters. The van der Waals surface area contributed by atoms with Gasteiger partial charge in [-0.15, -0.1) is 0 Å². The molecule has 7 heteroatoms. The third-order valence-corrected chi connectivity index (χ3v) is 8.29. The van der Waals surface area contributed by atoms with E-state index >= 15 is 0 Å². The average molecular weight is 417 g/mol. The molecule has 3 atom stereocenters. The van der Waals surface area contributed by atoms with Crippen molar-refractivity contribution in [3.05, 3.63) is 0 Å². The lowest BCUT2D eigenvalue weighted by molar-refractivity contribution is -0.144. The Balaban J connectivity index is 1.14. The van der Waals surface area contributed by atoms with E-state index < -0.39 is 0 Å². The first-order valence-electron chi connectivity index (χ1n) is 12.2. The largest absolute Gasteiger partial charge is 0.353 e. The van der Waals surface area contributed by atoms with Crippen molar-refractivity contribution in [1.29, 1.82) is 0 Å². The van der Waals surface area contributed by atoms with E-state index in [-0.39, 0.29) is 17.9 Å². The number of nitrogens with zero attached hydrogens (tertiary/aromatic N) is 3. The molecule has 0 aromatic carbocycles. The van der Waals surface area contributed by atoms with Gasteiger partial charge in [0.25, 0.3) is 0 Å². The van der Waals surface area contributed by atoms with Crippen molar-refractivity contribution in [2.45, 2.75) is 76.3 Å². The fraction of sp³-hybridized carbons (Fsp3) is 0.870. The first-order chi connectivity index (χ1) is 14.6. The Morgan fingerprint density at radius 1 is 0.867 bits per heavy atom. The van der Waals surface area contributed by atoms with Crippen molar-refractivity contribution >= 4 is 17.8 Å². The molecule has 7 nitrogen and oxygen atoms in total. The van der Waals surface area contributed by atoms with Gasteiger partial charge in [-0.2, -0.15) is 0 Å². The first kappa shape index (κ1) is 20.1. The zero-order chi connectivity index (χ0) is 20.7. The van der Waals surface area contributed by atoms with Crippen LogP contribution < -0.4 is 5.32 Å². The normalized spacial score (nSPS) is 32.9. The molecule has 0 aromatic rings. The molecule has 4 saturated heterocycles. The SMILES string of the molecule is O=C(NC1CCCC1)C1CCN(C(=O)N2C[C@H]3C[C@H](C2)[C@H]2CCCC(=O)N2C3)CC1. The Kier molecular flexibility index (Phi) is 5.63. The number of amides is 4. The van der Waals surface area contributed by atoms with Gasteiger partial charge in [-0.3, -0.25) is 9.59 Å². The van der Waals surface area contributed by atoms with Gasteiger partial charge in [-0.1, -0.05) is 12.8 Å². The molecule has 0 radical (unpaired) electrons. The van der Waals surface area contributed by atoms with Crippen molar-refractivity contribution in [3.63, 3.8) is 0 Å². The Morgan fingerprint density at radius 2 is 1.63 bits per heavy atom. The number of likely N-dealkylation sites (tertiary alicyclic amines) is 2. The summed E-state index contributed by atoms with van der Waals surface area (Å²) in [6.45, 7) is 3.75. The van der Waals surface area contributed by atoms with Gasteiger partial charge < -0.3 is 20.0 Å². The molecule has 5 fully saturated rings. The molecule has 1 aliphatic carbocycles. The molecule has 30 heavy (non-hydrogen) atoms. The van der Waals surface area contributed by atoms with Crippen LogP contribution in [0.3, 0.4) is 0 Å². The molecule has 5 aliphatic rings. The van der Waals surface area contributed by atoms with Crippen LogP contribution in [-0.4, -0.2) is 77.4 Å². The molecular weight excluding hydrogens is 380 g/mol. The van der Waals surface area contributed by atoms with Crippen LogP contribution in [0.1, 0.15) is 64.2 Å². The summed E-state index contributed by atoms with van der Waals surface area (Å²) < 4.78 is 0. The predicted molar refractivity (Wildman–Crippen MR) is 113 cm³/mol. The van der Waals surface area contributed by atoms with Crippen LogP contribution in [0.15, 0.2) is 0 Å². The van der Waals surface area contributed by atoms with Gasteiger partial charge in [0.2, 0.25) is 11.8 Å². The van der Waals surface area contributed by atoms with Crippen LogP contribution in [0.2, 0.25) is 0 Å². The van der Waals surface area contributed by atoms with Crippen LogP contribution in [-0.2, 0) is 9.59 Å². The second kappa shape index (κ2) is 8.39. The van der Waals surface area contributed by atoms with Crippen molar-refractivity contribution in [3.8, 4) is 0 Å². The Bertz CT molecular complexity index is 684. The molecule has 4 heterocycles. The Morgan fingerprint density at radius 3 is 2.40 bits per heavy atom. The second-order valence-electron chi connectivity index (χ2n) is 10.3. The standard InChI is InChI=1S/C23H36N4O3/c28-21-7-3-6-20-18-12-16(14-27(20)21)13-26(15-18)23(30)25-10-8-17(9-11-25)22(29)24-19-4-1-2-5-19/h16-20H,1-15H2,(H,24,29)/t16-,18-,20-/m1/s1. The minimum atomic E-state index is 0.0530. The monoisotopic (exact) mass is 416 g/mol. The summed E-state index contributed by atoms with van der Waals surface area (Å²) >= 11 is 0. The molecule has 4 amide bonds. The summed E-state index contributed by atoms with van der Waals surface area (Å²) in [6, 6.07) is 0.856. The molecule has 0 spiro atoms. The highest BCUT2D eigenvalue weighted by atomic mass is 16.2. The Labute approximate surface area is 179 Å². The first-order valence-corrected chi connectivity index (χ1v) is 12.2. The summed E-state index contributed by atoms with van der Waals surface area (Å²) in [6.07, 6.45) is 10.2. The fourth-order valence-corrected chi connectivity index (χ4v) is 6.69. The minimum Gasteiger partial charge on any atom is -0.353 e. The van der Waals surface area contributed by atoms with Gasteiger partial charge in [0.1, 0.15) is 0 Å². The number of urea groups is 1. The number of rotatable bonds is 2. The number of nitrogens with one attached hydrogen (secondary N) is 1. The maximum absolute atomic E-state index is 13.2. The number of fused-ring (bicyclic) bond motifs is 4. The third kappa shape index (κ3) is 3.92. The molecule has 1 saturated carbocycles. The molecule has 5 rings (SSSR count). The molecule has 0 aromatic heterocycles. The third-order valence-electron chi connectivity index (χ3n) is 8.29. The van der Waals surface area contributed by atoms with E-state index in [1.807, 2.05) is 9.80 Å². The summed E-state index contributed by atoms with van der Waals surface area (Å²) in [4.78, 5) is 44.3. The maximum atomic E-state index is 13.2. The number of hydrogen-bond donors (Lipinski definition) is 1. The lowest BCUT2D eigenvalue weighted by Gasteiger charge is -2.53. The topological polar surface area (TPSA) is 73.0 Å². The van der Waals surface area contributed by atoms with Crippen molar-refractivity contribution in [2.24, 2.45) is 17.8 Å². The molecule has 2 bridgehead atoms. The van der Waals surface area contributed by atoms with E-state index in [1.54, 1.807) is 0 Å². The van der Waals surface area contributed by atoms with Gasteiger partial charge in [-0.05, 0) is 56.8 Å². The smallest absolute Gasteiger partial charge is 0.320 e. The van der Waals surface area contributed by atoms with E-state index in [2.05, 4.69) is 10.2 Å². The lowest BCUT2D eigenvalue weighted by Crippen LogP contribution is -2.62. The highest BCUT2D eigenvalue weighted by Gasteiger charge is 2.45. The number of carbonyl (C=O) groups is 3. The summed E-state index contributed by atoms with van der Waals surface area (Å²) in [5.74, 6) is 1.42. The highest BCUT2D eigenvalue weighted by molar-refractivity contribution is 5.80. The van der Waals surface area contributed by atoms with Crippen LogP contribution in [0.5, 0.6) is 0 Å². The highest BCUT2D eigenvalue weighted by Crippen LogP contribution is 2.38. The van der Waals surface area contributed by atoms with Crippen LogP contribution in [0.25, 0.3) is 0 Å². The van der Waals surface area contributed by atoms with Crippen molar-refractivity contribution in [1.82, 2.24) is 20.0 Å². The maximum Gasteiger partial charge on any atom is 0.320 e. The fourth-order valence-electron chi connectivity index (χ4n) is 6.69. The summed E-state index contributed by atoms with van der Waals surface area (Å²) in [5.41, 5.74) is 0. The van der Waals surface area contributed by atoms with Crippen LogP contribution >= 0.6 is 0 Å². The lowest BCUT2D eigenvalue weighted by atomic mass is 9.76. The van der Waals surface area contributed by atoms with Crippen molar-refractivity contribution < 1.29 is 14.4 Å². The quantitative estimate of drug-likeness (QED) is 0.750. The van der Waals surface area contributed by atoms with Gasteiger partial charge in [0, 0.05) is 57.1 Å². The summed E-state index contributed by atoms with van der Waals surface area (Å²) in [7, 11) is 0. The van der Waals surface area contributed by atoms with E-state index in [1.165, 1.54) is 12.8 Å². The van der Waals surface area contributed by atoms with E-state index in [0.29, 0.717) is 49.3 Å². The van der Waals surface area contributed by atoms with E-state index in [9.17, 15) is 14.4 Å². The Hall–Kier alpha value is -1.79. The average Bonchev–Trinajstić information content (AvgIpc) is 3.27. The van der Waals surface area contributed by atoms with Gasteiger partial charge >= 0.3 is 6.03 Å². The van der Waals surface area contributed by atoms with Crippen LogP contribution in [0.4, 0.5) is 4.79 Å². The van der Waals surface area contributed by atoms with Gasteiger partial charge in [0.05, 0.1) is 0 Å². The number of hydrogen-bond acceptors (Lipinski definition) is 3. The molecule has 166 valence electrons. The zero-order valence-corrected chi connectivity index (χ0v) is 18.1. The predicted octanol–water partition coefficient (Wildman–Crippen LogP) is 2.21. The molecule has 1 N–H and O–H groups in total. The number of piperidine rings is 4. The zero-order valence-electron chi connectivity index (χ0n) is 18.1. The van der Waals surface area contributed by atoms with Gasteiger partial charge in [0.15, 0.2) is 0 Å². The van der Waals surface area contributed by atoms with Crippen LogP contribution in [0, 0.1) is 17.8 Å². The van der Waals surface area contributed by atoms with Gasteiger partial charge in [-0.25, -0.2) is 4.79 Å². The van der Waals surface area contributed by atoms with Crippen molar-refractivity contribution in [2.75, 3.05) is 32.7 Å². The molecular formula is C23H36N4O3. The summed E-state index contributed by atoms with van der Waals surface area (Å²) in [5, 5.41) is 3.23. The van der Waals surface area contributed by atoms with E-state index in [4.69, 9.17) is 0 Å².